The summed E-state index contributed by atoms with van der Waals surface area (Å²) in [6, 6.07) is 5.76. The van der Waals surface area contributed by atoms with E-state index in [1.807, 2.05) is 32.0 Å². The number of rotatable bonds is 5. The number of thiophene rings is 1. The summed E-state index contributed by atoms with van der Waals surface area (Å²) in [4.78, 5) is 17.9. The van der Waals surface area contributed by atoms with Crippen molar-refractivity contribution in [3.05, 3.63) is 34.2 Å². The maximum absolute atomic E-state index is 12.3. The van der Waals surface area contributed by atoms with Crippen LogP contribution in [0.2, 0.25) is 0 Å². The number of esters is 1. The number of carbonyl (C=O) groups excluding carboxylic acids is 1. The second kappa shape index (κ2) is 6.78. The van der Waals surface area contributed by atoms with Gasteiger partial charge in [-0.25, -0.2) is 9.78 Å². The van der Waals surface area contributed by atoms with Gasteiger partial charge in [0.05, 0.1) is 29.5 Å². The monoisotopic (exact) mass is 362 g/mol. The zero-order chi connectivity index (χ0) is 17.3. The molecule has 0 bridgehead atoms. The van der Waals surface area contributed by atoms with Crippen LogP contribution < -0.4 is 10.1 Å². The molecule has 7 heteroatoms. The molecular weight excluding hydrogens is 344 g/mol. The Kier molecular flexibility index (Phi) is 4.73. The number of benzene rings is 1. The van der Waals surface area contributed by atoms with Gasteiger partial charge in [-0.2, -0.15) is 0 Å². The summed E-state index contributed by atoms with van der Waals surface area (Å²) < 4.78 is 11.5. The Balaban J connectivity index is 1.96. The number of nitrogens with zero attached hydrogens (tertiary/aromatic N) is 1. The summed E-state index contributed by atoms with van der Waals surface area (Å²) in [5.41, 5.74) is 2.44. The van der Waals surface area contributed by atoms with Crippen LogP contribution in [0, 0.1) is 13.8 Å². The fourth-order valence-corrected chi connectivity index (χ4v) is 4.36. The van der Waals surface area contributed by atoms with Crippen LogP contribution >= 0.6 is 22.7 Å². The van der Waals surface area contributed by atoms with Crippen molar-refractivity contribution >= 4 is 49.0 Å². The van der Waals surface area contributed by atoms with Crippen molar-refractivity contribution in [3.8, 4) is 5.75 Å². The van der Waals surface area contributed by atoms with E-state index in [1.165, 1.54) is 22.7 Å². The number of fused-ring (bicyclic) bond motifs is 1. The number of aryl methyl sites for hydroxylation is 1. The molecule has 5 nitrogen and oxygen atoms in total. The lowest BCUT2D eigenvalue weighted by Gasteiger charge is -2.05. The Morgan fingerprint density at radius 3 is 2.79 bits per heavy atom. The molecule has 2 heterocycles. The molecule has 3 aromatic rings. The molecule has 1 N–H and O–H groups in total. The van der Waals surface area contributed by atoms with E-state index < -0.39 is 0 Å². The number of hydrogen-bond acceptors (Lipinski definition) is 7. The molecule has 0 unspecified atom stereocenters. The van der Waals surface area contributed by atoms with Crippen LogP contribution in [0.1, 0.15) is 27.7 Å². The number of nitrogens with one attached hydrogen (secondary N) is 1. The molecule has 2 aromatic heterocycles. The minimum Gasteiger partial charge on any atom is -0.497 e. The maximum Gasteiger partial charge on any atom is 0.341 e. The highest BCUT2D eigenvalue weighted by Crippen LogP contribution is 2.37. The number of aromatic nitrogens is 1. The molecule has 0 spiro atoms. The summed E-state index contributed by atoms with van der Waals surface area (Å²) in [7, 11) is 1.64. The van der Waals surface area contributed by atoms with E-state index >= 15 is 0 Å². The summed E-state index contributed by atoms with van der Waals surface area (Å²) in [6.07, 6.45) is 0. The lowest BCUT2D eigenvalue weighted by Crippen LogP contribution is -2.07. The van der Waals surface area contributed by atoms with Crippen LogP contribution in [0.3, 0.4) is 0 Å². The molecule has 0 amide bonds. The molecule has 3 rings (SSSR count). The normalized spacial score (nSPS) is 10.8. The van der Waals surface area contributed by atoms with Crippen LogP contribution in [0.4, 0.5) is 10.1 Å². The van der Waals surface area contributed by atoms with Crippen molar-refractivity contribution in [1.82, 2.24) is 4.98 Å². The molecule has 24 heavy (non-hydrogen) atoms. The van der Waals surface area contributed by atoms with Crippen LogP contribution in [0.25, 0.3) is 10.2 Å². The predicted octanol–water partition coefficient (Wildman–Crippen LogP) is 4.90. The van der Waals surface area contributed by atoms with Gasteiger partial charge in [0.1, 0.15) is 10.8 Å². The third-order valence-electron chi connectivity index (χ3n) is 3.68. The molecule has 0 saturated carbocycles. The van der Waals surface area contributed by atoms with Crippen molar-refractivity contribution in [3.63, 3.8) is 0 Å². The number of methoxy groups -OCH3 is 1. The fraction of sp³-hybridized carbons (Fsp3) is 0.294. The Hall–Kier alpha value is -2.12. The fourth-order valence-electron chi connectivity index (χ4n) is 2.35. The molecule has 0 radical (unpaired) electrons. The minimum atomic E-state index is -0.301. The molecular formula is C17H18N2O3S2. The number of hydrogen-bond donors (Lipinski definition) is 1. The zero-order valence-electron chi connectivity index (χ0n) is 13.9. The van der Waals surface area contributed by atoms with E-state index in [9.17, 15) is 4.79 Å². The van der Waals surface area contributed by atoms with E-state index in [4.69, 9.17) is 9.47 Å². The Morgan fingerprint density at radius 2 is 2.08 bits per heavy atom. The predicted molar refractivity (Wildman–Crippen MR) is 99.2 cm³/mol. The lowest BCUT2D eigenvalue weighted by molar-refractivity contribution is 0.0527. The molecule has 0 atom stereocenters. The average Bonchev–Trinajstić information content (AvgIpc) is 3.07. The first kappa shape index (κ1) is 16.7. The van der Waals surface area contributed by atoms with Gasteiger partial charge in [-0.05, 0) is 44.5 Å². The third kappa shape index (κ3) is 3.09. The summed E-state index contributed by atoms with van der Waals surface area (Å²) in [6.45, 7) is 6.09. The van der Waals surface area contributed by atoms with E-state index in [0.29, 0.717) is 12.2 Å². The van der Waals surface area contributed by atoms with Gasteiger partial charge in [0, 0.05) is 4.88 Å². The highest BCUT2D eigenvalue weighted by Gasteiger charge is 2.21. The van der Waals surface area contributed by atoms with Crippen LogP contribution in [-0.4, -0.2) is 24.7 Å². The number of thiazole rings is 1. The Labute approximate surface area is 148 Å². The first-order valence-corrected chi connectivity index (χ1v) is 9.15. The van der Waals surface area contributed by atoms with E-state index in [1.54, 1.807) is 14.0 Å². The number of anilines is 2. The van der Waals surface area contributed by atoms with Crippen molar-refractivity contribution in [2.75, 3.05) is 19.0 Å². The van der Waals surface area contributed by atoms with E-state index in [0.717, 1.165) is 36.5 Å². The first-order chi connectivity index (χ1) is 11.5. The summed E-state index contributed by atoms with van der Waals surface area (Å²) in [5.74, 6) is 0.498. The van der Waals surface area contributed by atoms with E-state index in [2.05, 4.69) is 10.3 Å². The van der Waals surface area contributed by atoms with Crippen LogP contribution in [-0.2, 0) is 4.74 Å². The molecule has 126 valence electrons. The standard InChI is InChI=1S/C17H18N2O3S2/c1-5-22-16(20)14-9(2)10(3)23-15(14)19-17-18-12-7-6-11(21-4)8-13(12)24-17/h6-8H,5H2,1-4H3,(H,18,19). The quantitative estimate of drug-likeness (QED) is 0.654. The summed E-state index contributed by atoms with van der Waals surface area (Å²) >= 11 is 3.06. The van der Waals surface area contributed by atoms with Gasteiger partial charge < -0.3 is 14.8 Å². The number of ether oxygens (including phenoxy) is 2. The Bertz CT molecular complexity index is 899. The van der Waals surface area contributed by atoms with Crippen molar-refractivity contribution in [2.24, 2.45) is 0 Å². The lowest BCUT2D eigenvalue weighted by atomic mass is 10.1. The first-order valence-electron chi connectivity index (χ1n) is 7.52. The topological polar surface area (TPSA) is 60.5 Å². The van der Waals surface area contributed by atoms with Gasteiger partial charge in [0.2, 0.25) is 0 Å². The number of carbonyl (C=O) groups is 1. The highest BCUT2D eigenvalue weighted by atomic mass is 32.1. The largest absolute Gasteiger partial charge is 0.497 e. The van der Waals surface area contributed by atoms with Gasteiger partial charge >= 0.3 is 5.97 Å². The van der Waals surface area contributed by atoms with Gasteiger partial charge in [0.15, 0.2) is 5.13 Å². The Morgan fingerprint density at radius 1 is 1.29 bits per heavy atom. The van der Waals surface area contributed by atoms with Gasteiger partial charge in [-0.15, -0.1) is 11.3 Å². The zero-order valence-corrected chi connectivity index (χ0v) is 15.6. The molecule has 0 aliphatic carbocycles. The maximum atomic E-state index is 12.3. The molecule has 1 aromatic carbocycles. The molecule has 0 aliphatic rings. The van der Waals surface area contributed by atoms with Gasteiger partial charge in [-0.1, -0.05) is 11.3 Å². The third-order valence-corrected chi connectivity index (χ3v) is 5.74. The van der Waals surface area contributed by atoms with Crippen molar-refractivity contribution < 1.29 is 14.3 Å². The van der Waals surface area contributed by atoms with E-state index in [-0.39, 0.29) is 5.97 Å². The summed E-state index contributed by atoms with van der Waals surface area (Å²) in [5, 5.41) is 4.80. The van der Waals surface area contributed by atoms with Crippen molar-refractivity contribution in [1.29, 1.82) is 0 Å². The highest BCUT2D eigenvalue weighted by molar-refractivity contribution is 7.23. The molecule has 0 aliphatic heterocycles. The second-order valence-corrected chi connectivity index (χ2v) is 7.44. The molecule has 0 saturated heterocycles. The second-order valence-electron chi connectivity index (χ2n) is 5.19. The average molecular weight is 362 g/mol. The smallest absolute Gasteiger partial charge is 0.341 e. The minimum absolute atomic E-state index is 0.301. The van der Waals surface area contributed by atoms with Crippen LogP contribution in [0.5, 0.6) is 5.75 Å². The van der Waals surface area contributed by atoms with Gasteiger partial charge in [0.25, 0.3) is 0 Å². The van der Waals surface area contributed by atoms with Gasteiger partial charge in [-0.3, -0.25) is 0 Å². The molecule has 0 fully saturated rings. The SMILES string of the molecule is CCOC(=O)c1c(Nc2nc3ccc(OC)cc3s2)sc(C)c1C. The van der Waals surface area contributed by atoms with Crippen LogP contribution in [0.15, 0.2) is 18.2 Å². The van der Waals surface area contributed by atoms with Crippen molar-refractivity contribution in [2.45, 2.75) is 20.8 Å².